The van der Waals surface area contributed by atoms with E-state index in [0.717, 1.165) is 30.3 Å². The topological polar surface area (TPSA) is 172 Å². The van der Waals surface area contributed by atoms with Crippen LogP contribution in [-0.2, 0) is 40.3 Å². The summed E-state index contributed by atoms with van der Waals surface area (Å²) in [5.41, 5.74) is -4.45. The second-order valence-electron chi connectivity index (χ2n) is 14.8. The molecule has 2 N–H and O–H groups in total. The monoisotopic (exact) mass is 914 g/mol. The smallest absolute Gasteiger partial charge is 0.344 e. The van der Waals surface area contributed by atoms with Gasteiger partial charge in [0.25, 0.3) is 17.9 Å². The summed E-state index contributed by atoms with van der Waals surface area (Å²) in [5.74, 6) is -10.6. The summed E-state index contributed by atoms with van der Waals surface area (Å²) < 4.78 is 159. The van der Waals surface area contributed by atoms with E-state index in [9.17, 15) is 48.7 Å². The van der Waals surface area contributed by atoms with Crippen molar-refractivity contribution in [1.82, 2.24) is 44.4 Å². The zero-order chi connectivity index (χ0) is 44.8. The fourth-order valence-electron chi connectivity index (χ4n) is 7.76. The Bertz CT molecular complexity index is 2970. The van der Waals surface area contributed by atoms with Crippen molar-refractivity contribution in [2.45, 2.75) is 63.3 Å². The molecule has 4 heterocycles. The molecule has 4 aromatic heterocycles. The normalized spacial score (nSPS) is 17.3. The molecule has 0 spiro atoms. The predicted molar refractivity (Wildman–Crippen MR) is 201 cm³/mol. The maximum Gasteiger partial charge on any atom is 0.408 e. The first-order valence-corrected chi connectivity index (χ1v) is 20.4. The summed E-state index contributed by atoms with van der Waals surface area (Å²) in [5, 5.41) is 9.19. The van der Waals surface area contributed by atoms with Crippen LogP contribution < -0.4 is 15.6 Å². The third-order valence-electron chi connectivity index (χ3n) is 10.1. The van der Waals surface area contributed by atoms with Crippen LogP contribution >= 0.6 is 11.6 Å². The fraction of sp³-hybridized carbons (Fsp3) is 0.324. The summed E-state index contributed by atoms with van der Waals surface area (Å²) in [6.07, 6.45) is -7.02. The number of aromatic nitrogens is 8. The number of fused-ring (bicyclic) bond motifs is 4. The number of sulfonamides is 1. The van der Waals surface area contributed by atoms with E-state index >= 15 is 8.78 Å². The average Bonchev–Trinajstić information content (AvgIpc) is 3.68. The number of carbonyl (C=O) groups excluding carboxylic acids is 1. The van der Waals surface area contributed by atoms with E-state index in [1.165, 1.54) is 12.3 Å². The van der Waals surface area contributed by atoms with Gasteiger partial charge in [-0.25, -0.2) is 40.9 Å². The van der Waals surface area contributed by atoms with Crippen LogP contribution in [0.4, 0.5) is 45.3 Å². The van der Waals surface area contributed by atoms with Crippen molar-refractivity contribution in [2.75, 3.05) is 11.0 Å². The number of aryl methyl sites for hydroxylation is 1. The fourth-order valence-corrected chi connectivity index (χ4v) is 8.50. The third-order valence-corrected chi connectivity index (χ3v) is 11.0. The van der Waals surface area contributed by atoms with Crippen LogP contribution in [0.1, 0.15) is 58.8 Å². The number of halogens is 10. The first-order valence-electron chi connectivity index (χ1n) is 18.2. The van der Waals surface area contributed by atoms with E-state index in [1.807, 2.05) is 4.72 Å². The molecule has 0 radical (unpaired) electrons. The van der Waals surface area contributed by atoms with Crippen molar-refractivity contribution in [1.29, 1.82) is 0 Å². The number of carbonyl (C=O) groups is 1. The molecule has 0 unspecified atom stereocenters. The Kier molecular flexibility index (Phi) is 10.4. The minimum Gasteiger partial charge on any atom is -0.344 e. The second-order valence-corrected chi connectivity index (χ2v) is 16.9. The van der Waals surface area contributed by atoms with Gasteiger partial charge in [-0.15, -0.1) is 0 Å². The molecular formula is C37H28ClF9N10O4S. The molecule has 326 valence electrons. The maximum atomic E-state index is 15.5. The molecule has 1 saturated carbocycles. The van der Waals surface area contributed by atoms with Crippen molar-refractivity contribution in [3.05, 3.63) is 110 Å². The molecule has 8 rings (SSSR count). The molecule has 1 amide bonds. The van der Waals surface area contributed by atoms with Crippen molar-refractivity contribution < 1.29 is 52.7 Å². The molecule has 0 saturated heterocycles. The Hall–Kier alpha value is -6.04. The molecule has 2 aromatic carbocycles. The number of amides is 1. The highest BCUT2D eigenvalue weighted by Gasteiger charge is 2.67. The lowest BCUT2D eigenvalue weighted by atomic mass is 10.0. The van der Waals surface area contributed by atoms with Crippen LogP contribution in [0.2, 0.25) is 5.02 Å². The molecule has 25 heteroatoms. The van der Waals surface area contributed by atoms with Crippen LogP contribution in [0.5, 0.6) is 0 Å². The molecule has 0 aliphatic heterocycles. The van der Waals surface area contributed by atoms with Crippen LogP contribution in [0, 0.1) is 24.5 Å². The molecule has 0 bridgehead atoms. The lowest BCUT2D eigenvalue weighted by Gasteiger charge is -2.24. The van der Waals surface area contributed by atoms with Crippen LogP contribution in [0.3, 0.4) is 0 Å². The predicted octanol–water partition coefficient (Wildman–Crippen LogP) is 6.66. The van der Waals surface area contributed by atoms with E-state index in [1.54, 1.807) is 6.92 Å². The van der Waals surface area contributed by atoms with Gasteiger partial charge in [0.2, 0.25) is 15.9 Å². The van der Waals surface area contributed by atoms with Crippen LogP contribution in [0.25, 0.3) is 28.1 Å². The summed E-state index contributed by atoms with van der Waals surface area (Å²) in [6, 6.07) is 4.99. The lowest BCUT2D eigenvalue weighted by Crippen LogP contribution is -2.38. The number of hydrogen-bond acceptors (Lipinski definition) is 9. The van der Waals surface area contributed by atoms with E-state index in [4.69, 9.17) is 11.6 Å². The van der Waals surface area contributed by atoms with Gasteiger partial charge in [-0.1, -0.05) is 11.6 Å². The van der Waals surface area contributed by atoms with Gasteiger partial charge in [0.15, 0.2) is 11.6 Å². The van der Waals surface area contributed by atoms with Crippen LogP contribution in [-0.4, -0.2) is 65.8 Å². The molecule has 14 nitrogen and oxygen atoms in total. The molecule has 2 aliphatic carbocycles. The number of hydrogen-bond donors (Lipinski definition) is 2. The first-order chi connectivity index (χ1) is 29.0. The van der Waals surface area contributed by atoms with E-state index in [2.05, 4.69) is 30.5 Å². The quantitative estimate of drug-likeness (QED) is 0.128. The summed E-state index contributed by atoms with van der Waals surface area (Å²) in [6.45, 7) is -1.41. The van der Waals surface area contributed by atoms with E-state index < -0.39 is 129 Å². The van der Waals surface area contributed by atoms with Gasteiger partial charge in [0.1, 0.15) is 47.6 Å². The summed E-state index contributed by atoms with van der Waals surface area (Å²) in [4.78, 5) is 41.5. The Morgan fingerprint density at radius 3 is 2.39 bits per heavy atom. The molecular weight excluding hydrogens is 887 g/mol. The molecule has 1 fully saturated rings. The Labute approximate surface area is 347 Å². The second kappa shape index (κ2) is 15.1. The highest BCUT2D eigenvalue weighted by molar-refractivity contribution is 7.92. The Balaban J connectivity index is 1.35. The van der Waals surface area contributed by atoms with Gasteiger partial charge in [-0.2, -0.15) is 32.1 Å². The van der Waals surface area contributed by atoms with Gasteiger partial charge in [-0.05, 0) is 55.2 Å². The lowest BCUT2D eigenvalue weighted by molar-refractivity contribution is -0.141. The SMILES string of the molecule is Cc1ccnc(-c2cc(=O)n(-c3ccc(Cl)c4c(NS(C)(=O)=O)nn(CC(F)(F)F)c34)c([C@H](Cc3cc(F)cc(F)c3)NC(=O)Cn3nc(C(F)F)c4c3C(F)(F)[C@@H]3C[C@H]43)n2)n1. The summed E-state index contributed by atoms with van der Waals surface area (Å²) in [7, 11) is -4.22. The number of benzene rings is 2. The van der Waals surface area contributed by atoms with E-state index in [-0.39, 0.29) is 34.1 Å². The van der Waals surface area contributed by atoms with Crippen LogP contribution in [0.15, 0.2) is 53.5 Å². The van der Waals surface area contributed by atoms with Crippen molar-refractivity contribution >= 4 is 44.3 Å². The third kappa shape index (κ3) is 8.07. The first kappa shape index (κ1) is 42.6. The number of rotatable bonds is 12. The molecule has 62 heavy (non-hydrogen) atoms. The number of alkyl halides is 7. The van der Waals surface area contributed by atoms with Gasteiger partial charge >= 0.3 is 6.18 Å². The molecule has 3 atom stereocenters. The van der Waals surface area contributed by atoms with Crippen molar-refractivity contribution in [3.63, 3.8) is 0 Å². The average molecular weight is 915 g/mol. The van der Waals surface area contributed by atoms with Crippen molar-refractivity contribution in [3.8, 4) is 17.2 Å². The van der Waals surface area contributed by atoms with Gasteiger partial charge in [0, 0.05) is 41.9 Å². The molecule has 6 aromatic rings. The maximum absolute atomic E-state index is 15.5. The highest BCUT2D eigenvalue weighted by Crippen LogP contribution is 2.68. The largest absolute Gasteiger partial charge is 0.408 e. The Morgan fingerprint density at radius 2 is 1.74 bits per heavy atom. The minimum absolute atomic E-state index is 0.0697. The zero-order valence-corrected chi connectivity index (χ0v) is 33.2. The van der Waals surface area contributed by atoms with Crippen molar-refractivity contribution in [2.24, 2.45) is 5.92 Å². The minimum atomic E-state index is -5.01. The highest BCUT2D eigenvalue weighted by atomic mass is 35.5. The van der Waals surface area contributed by atoms with Gasteiger partial charge < -0.3 is 5.32 Å². The van der Waals surface area contributed by atoms with E-state index in [0.29, 0.717) is 31.9 Å². The summed E-state index contributed by atoms with van der Waals surface area (Å²) >= 11 is 6.45. The Morgan fingerprint density at radius 1 is 1.03 bits per heavy atom. The number of nitrogens with zero attached hydrogens (tertiary/aromatic N) is 8. The van der Waals surface area contributed by atoms with Gasteiger partial charge in [-0.3, -0.25) is 28.2 Å². The number of anilines is 1. The number of nitrogens with one attached hydrogen (secondary N) is 2. The van der Waals surface area contributed by atoms with Gasteiger partial charge in [0.05, 0.1) is 33.9 Å². The molecule has 2 aliphatic rings. The zero-order valence-electron chi connectivity index (χ0n) is 31.7. The standard InChI is InChI=1S/C37H28ClF9N10O4S/c1-15-5-6-48-33(49-15)22-12-26(59)57(24-4-3-21(38)28-30(24)56(14-36(43,44)45)53-34(28)54-62(2,60)61)35(51-22)23(9-16-7-17(39)10-18(40)8-16)50-25(58)13-55-31-27(29(52-55)32(41)42)19-11-20(19)37(31,46)47/h3-8,10,12,19-20,23,32H,9,11,13-14H2,1-2H3,(H,50,58)(H,53,54)/t19-,20+,23-/m0/s1.